The molecule has 0 N–H and O–H groups in total. The lowest BCUT2D eigenvalue weighted by Crippen LogP contribution is -2.45. The lowest BCUT2D eigenvalue weighted by molar-refractivity contribution is -0.806. The van der Waals surface area contributed by atoms with Crippen LogP contribution in [0.25, 0.3) is 0 Å². The van der Waals surface area contributed by atoms with Crippen LogP contribution in [0.4, 0.5) is 5.69 Å². The number of benzene rings is 2. The standard InChI is InChI=1S/C20H20Cl3N2O/c21-16-3-1-15(2-4-16)14-25-12-9-20(26-25)7-10-24(11-8-20)17-5-6-18(22)19(23)13-17/h1-6,12-13H,7-11,14H2/q+1. The highest BCUT2D eigenvalue weighted by atomic mass is 35.5. The van der Waals surface area contributed by atoms with E-state index >= 15 is 0 Å². The number of anilines is 1. The molecule has 1 saturated heterocycles. The summed E-state index contributed by atoms with van der Waals surface area (Å²) in [5.74, 6) is 0. The third-order valence-corrected chi connectivity index (χ3v) is 6.16. The number of rotatable bonds is 3. The fourth-order valence-electron chi connectivity index (χ4n) is 3.61. The lowest BCUT2D eigenvalue weighted by atomic mass is 9.89. The molecule has 0 amide bonds. The van der Waals surface area contributed by atoms with Crippen LogP contribution in [0, 0.1) is 0 Å². The third kappa shape index (κ3) is 3.80. The normalized spacial score (nSPS) is 18.7. The number of hydrogen-bond donors (Lipinski definition) is 0. The zero-order valence-corrected chi connectivity index (χ0v) is 16.6. The predicted octanol–water partition coefficient (Wildman–Crippen LogP) is 5.60. The Labute approximate surface area is 168 Å². The van der Waals surface area contributed by atoms with Gasteiger partial charge >= 0.3 is 0 Å². The molecule has 136 valence electrons. The zero-order chi connectivity index (χ0) is 18.1. The van der Waals surface area contributed by atoms with E-state index in [4.69, 9.17) is 39.6 Å². The summed E-state index contributed by atoms with van der Waals surface area (Å²) >= 11 is 18.1. The van der Waals surface area contributed by atoms with Crippen LogP contribution in [0.5, 0.6) is 0 Å². The molecule has 2 aromatic carbocycles. The van der Waals surface area contributed by atoms with Crippen molar-refractivity contribution in [3.8, 4) is 0 Å². The molecule has 0 atom stereocenters. The summed E-state index contributed by atoms with van der Waals surface area (Å²) in [4.78, 5) is 8.67. The van der Waals surface area contributed by atoms with Gasteiger partial charge in [-0.25, -0.2) is 0 Å². The van der Waals surface area contributed by atoms with Crippen LogP contribution in [-0.4, -0.2) is 29.6 Å². The smallest absolute Gasteiger partial charge is 0.217 e. The molecular formula is C20H20Cl3N2O+. The number of hydroxylamine groups is 1. The van der Waals surface area contributed by atoms with E-state index in [1.807, 2.05) is 47.2 Å². The number of hydrogen-bond acceptors (Lipinski definition) is 2. The van der Waals surface area contributed by atoms with Crippen molar-refractivity contribution in [2.75, 3.05) is 18.0 Å². The maximum absolute atomic E-state index is 6.32. The van der Waals surface area contributed by atoms with Crippen LogP contribution in [0.3, 0.4) is 0 Å². The Morgan fingerprint density at radius 1 is 0.962 bits per heavy atom. The maximum Gasteiger partial charge on any atom is 0.217 e. The third-order valence-electron chi connectivity index (χ3n) is 5.17. The monoisotopic (exact) mass is 409 g/mol. The van der Waals surface area contributed by atoms with Crippen molar-refractivity contribution in [1.29, 1.82) is 0 Å². The van der Waals surface area contributed by atoms with E-state index in [1.165, 1.54) is 5.56 Å². The van der Waals surface area contributed by atoms with E-state index in [1.54, 1.807) is 0 Å². The second kappa shape index (κ2) is 7.30. The molecule has 4 rings (SSSR count). The van der Waals surface area contributed by atoms with Crippen LogP contribution in [0.1, 0.15) is 24.8 Å². The predicted molar refractivity (Wildman–Crippen MR) is 108 cm³/mol. The van der Waals surface area contributed by atoms with Crippen molar-refractivity contribution >= 4 is 46.7 Å². The van der Waals surface area contributed by atoms with Crippen LogP contribution in [0.15, 0.2) is 42.5 Å². The van der Waals surface area contributed by atoms with Gasteiger partial charge in [0.05, 0.1) is 16.5 Å². The van der Waals surface area contributed by atoms with Gasteiger partial charge in [0.25, 0.3) is 0 Å². The molecule has 1 spiro atoms. The minimum Gasteiger partial charge on any atom is -0.371 e. The van der Waals surface area contributed by atoms with Gasteiger partial charge in [0, 0.05) is 42.2 Å². The summed E-state index contributed by atoms with van der Waals surface area (Å²) in [7, 11) is 0. The van der Waals surface area contributed by atoms with Gasteiger partial charge in [-0.3, -0.25) is 4.84 Å². The second-order valence-corrected chi connectivity index (χ2v) is 8.20. The van der Waals surface area contributed by atoms with Gasteiger partial charge in [0.15, 0.2) is 11.8 Å². The number of nitrogens with zero attached hydrogens (tertiary/aromatic N) is 2. The summed E-state index contributed by atoms with van der Waals surface area (Å²) in [6.45, 7) is 2.64. The van der Waals surface area contributed by atoms with Gasteiger partial charge in [-0.15, -0.1) is 0 Å². The van der Waals surface area contributed by atoms with Gasteiger partial charge < -0.3 is 4.90 Å². The Kier molecular flexibility index (Phi) is 5.05. The molecule has 3 nitrogen and oxygen atoms in total. The summed E-state index contributed by atoms with van der Waals surface area (Å²) in [6.07, 6.45) is 5.10. The Morgan fingerprint density at radius 2 is 1.69 bits per heavy atom. The molecule has 0 bridgehead atoms. The van der Waals surface area contributed by atoms with E-state index < -0.39 is 0 Å². The van der Waals surface area contributed by atoms with Crippen molar-refractivity contribution in [3.63, 3.8) is 0 Å². The van der Waals surface area contributed by atoms with Crippen LogP contribution in [0.2, 0.25) is 15.1 Å². The topological polar surface area (TPSA) is 15.5 Å². The fourth-order valence-corrected chi connectivity index (χ4v) is 4.03. The molecule has 26 heavy (non-hydrogen) atoms. The van der Waals surface area contributed by atoms with Crippen molar-refractivity contribution in [2.45, 2.75) is 31.4 Å². The highest BCUT2D eigenvalue weighted by Gasteiger charge is 2.45. The SMILES string of the molecule is Clc1ccc(C[N+]2=CCC3(CCN(c4ccc(Cl)c(Cl)c4)CC3)O2)cc1. The molecule has 2 aliphatic rings. The minimum atomic E-state index is -0.0842. The van der Waals surface area contributed by atoms with E-state index in [0.29, 0.717) is 10.0 Å². The largest absolute Gasteiger partial charge is 0.371 e. The van der Waals surface area contributed by atoms with Gasteiger partial charge in [0.1, 0.15) is 0 Å². The van der Waals surface area contributed by atoms with Crippen LogP contribution < -0.4 is 4.90 Å². The van der Waals surface area contributed by atoms with Crippen molar-refractivity contribution in [2.24, 2.45) is 0 Å². The molecule has 6 heteroatoms. The molecule has 0 unspecified atom stereocenters. The first-order valence-electron chi connectivity index (χ1n) is 8.77. The number of piperidine rings is 1. The highest BCUT2D eigenvalue weighted by Crippen LogP contribution is 2.36. The van der Waals surface area contributed by atoms with E-state index in [0.717, 1.165) is 49.6 Å². The molecule has 2 heterocycles. The zero-order valence-electron chi connectivity index (χ0n) is 14.3. The van der Waals surface area contributed by atoms with Gasteiger partial charge in [-0.2, -0.15) is 0 Å². The number of halogens is 3. The van der Waals surface area contributed by atoms with Crippen molar-refractivity contribution in [1.82, 2.24) is 0 Å². The van der Waals surface area contributed by atoms with Gasteiger partial charge in [-0.1, -0.05) is 46.9 Å². The summed E-state index contributed by atoms with van der Waals surface area (Å²) in [5, 5.41) is 1.95. The van der Waals surface area contributed by atoms with Crippen molar-refractivity contribution < 1.29 is 9.58 Å². The molecule has 2 aromatic rings. The van der Waals surface area contributed by atoms with Gasteiger partial charge in [-0.05, 0) is 35.1 Å². The Hall–Kier alpha value is -1.42. The second-order valence-electron chi connectivity index (χ2n) is 6.95. The summed E-state index contributed by atoms with van der Waals surface area (Å²) in [6, 6.07) is 13.7. The van der Waals surface area contributed by atoms with E-state index in [9.17, 15) is 0 Å². The molecule has 0 aliphatic carbocycles. The Morgan fingerprint density at radius 3 is 2.38 bits per heavy atom. The maximum atomic E-state index is 6.32. The van der Waals surface area contributed by atoms with Crippen LogP contribution in [-0.2, 0) is 11.4 Å². The Bertz CT molecular complexity index is 827. The quantitative estimate of drug-likeness (QED) is 0.612. The van der Waals surface area contributed by atoms with Crippen LogP contribution >= 0.6 is 34.8 Å². The molecule has 0 aromatic heterocycles. The minimum absolute atomic E-state index is 0.0842. The molecule has 1 fully saturated rings. The molecule has 0 radical (unpaired) electrons. The molecule has 2 aliphatic heterocycles. The first kappa shape index (κ1) is 18.0. The lowest BCUT2D eigenvalue weighted by Gasteiger charge is -2.36. The molecule has 0 saturated carbocycles. The van der Waals surface area contributed by atoms with E-state index in [2.05, 4.69) is 11.1 Å². The summed E-state index contributed by atoms with van der Waals surface area (Å²) in [5.41, 5.74) is 2.23. The highest BCUT2D eigenvalue weighted by molar-refractivity contribution is 6.42. The van der Waals surface area contributed by atoms with E-state index in [-0.39, 0.29) is 5.60 Å². The fraction of sp³-hybridized carbons (Fsp3) is 0.350. The first-order chi connectivity index (χ1) is 12.5. The summed E-state index contributed by atoms with van der Waals surface area (Å²) < 4.78 is 1.97. The average molecular weight is 411 g/mol. The average Bonchev–Trinajstić information content (AvgIpc) is 3.02. The Balaban J connectivity index is 1.36. The first-order valence-corrected chi connectivity index (χ1v) is 9.90. The van der Waals surface area contributed by atoms with Gasteiger partial charge in [0.2, 0.25) is 6.54 Å². The molecular weight excluding hydrogens is 391 g/mol. The van der Waals surface area contributed by atoms with Crippen molar-refractivity contribution in [3.05, 3.63) is 63.1 Å².